The van der Waals surface area contributed by atoms with Crippen LogP contribution in [0.4, 0.5) is 0 Å². The number of hydrogen-bond acceptors (Lipinski definition) is 1. The van der Waals surface area contributed by atoms with E-state index in [1.54, 1.807) is 11.3 Å². The monoisotopic (exact) mass is 318 g/mol. The lowest BCUT2D eigenvalue weighted by molar-refractivity contribution is 0.255. The molecule has 0 N–H and O–H groups in total. The normalized spacial score (nSPS) is 25.5. The summed E-state index contributed by atoms with van der Waals surface area (Å²) < 4.78 is 0.900. The molecule has 3 heteroatoms. The van der Waals surface area contributed by atoms with Gasteiger partial charge in [0.25, 0.3) is 0 Å². The summed E-state index contributed by atoms with van der Waals surface area (Å²) >= 11 is 14.5. The van der Waals surface area contributed by atoms with Gasteiger partial charge in [-0.05, 0) is 43.2 Å². The molecule has 0 amide bonds. The second kappa shape index (κ2) is 7.33. The van der Waals surface area contributed by atoms with Crippen molar-refractivity contribution in [1.82, 2.24) is 0 Å². The zero-order valence-electron chi connectivity index (χ0n) is 11.9. The van der Waals surface area contributed by atoms with Crippen LogP contribution in [0.15, 0.2) is 6.07 Å². The number of halogens is 2. The maximum Gasteiger partial charge on any atom is 0.0960 e. The summed E-state index contributed by atoms with van der Waals surface area (Å²) in [4.78, 5) is 1.26. The lowest BCUT2D eigenvalue weighted by Gasteiger charge is -2.31. The molecule has 1 fully saturated rings. The van der Waals surface area contributed by atoms with E-state index in [-0.39, 0.29) is 5.38 Å². The molecule has 1 saturated carbocycles. The molecule has 108 valence electrons. The van der Waals surface area contributed by atoms with Crippen LogP contribution >= 0.6 is 34.5 Å². The van der Waals surface area contributed by atoms with Crippen LogP contribution in [0, 0.1) is 18.8 Å². The third-order valence-electron chi connectivity index (χ3n) is 4.42. The first-order valence-corrected chi connectivity index (χ1v) is 9.14. The Labute approximate surface area is 131 Å². The summed E-state index contributed by atoms with van der Waals surface area (Å²) in [5.41, 5.74) is 1.17. The van der Waals surface area contributed by atoms with Crippen molar-refractivity contribution >= 4 is 34.5 Å². The van der Waals surface area contributed by atoms with Crippen molar-refractivity contribution in [1.29, 1.82) is 0 Å². The molecule has 0 bridgehead atoms. The molecule has 1 aromatic rings. The van der Waals surface area contributed by atoms with Gasteiger partial charge in [0.15, 0.2) is 0 Å². The Morgan fingerprint density at radius 2 is 2.00 bits per heavy atom. The zero-order valence-corrected chi connectivity index (χ0v) is 14.3. The molecule has 1 aliphatic carbocycles. The summed E-state index contributed by atoms with van der Waals surface area (Å²) in [6, 6.07) is 2.17. The van der Waals surface area contributed by atoms with Crippen LogP contribution in [0.25, 0.3) is 0 Å². The molecule has 19 heavy (non-hydrogen) atoms. The van der Waals surface area contributed by atoms with Crippen LogP contribution in [0.3, 0.4) is 0 Å². The molecule has 1 unspecified atom stereocenters. The summed E-state index contributed by atoms with van der Waals surface area (Å²) in [7, 11) is 0. The van der Waals surface area contributed by atoms with Crippen LogP contribution in [-0.4, -0.2) is 0 Å². The van der Waals surface area contributed by atoms with Crippen molar-refractivity contribution in [3.63, 3.8) is 0 Å². The highest BCUT2D eigenvalue weighted by molar-refractivity contribution is 7.16. The highest BCUT2D eigenvalue weighted by Gasteiger charge is 2.28. The number of thiophene rings is 1. The van der Waals surface area contributed by atoms with Gasteiger partial charge >= 0.3 is 0 Å². The Morgan fingerprint density at radius 1 is 1.32 bits per heavy atom. The SMILES string of the molecule is CCCCC1CCC(C(Cl)c2cc(C)c(Cl)s2)CC1. The molecule has 0 aromatic carbocycles. The van der Waals surface area contributed by atoms with Gasteiger partial charge in [0, 0.05) is 4.88 Å². The molecule has 0 radical (unpaired) electrons. The number of unbranched alkanes of at least 4 members (excludes halogenated alkanes) is 1. The summed E-state index contributed by atoms with van der Waals surface area (Å²) in [6.45, 7) is 4.34. The van der Waals surface area contributed by atoms with Gasteiger partial charge in [0.2, 0.25) is 0 Å². The molecule has 1 atom stereocenters. The highest BCUT2D eigenvalue weighted by atomic mass is 35.5. The number of rotatable bonds is 5. The minimum atomic E-state index is 0.170. The lowest BCUT2D eigenvalue weighted by atomic mass is 9.78. The van der Waals surface area contributed by atoms with Gasteiger partial charge in [0.05, 0.1) is 9.71 Å². The fourth-order valence-corrected chi connectivity index (χ4v) is 4.85. The number of aryl methyl sites for hydroxylation is 1. The Morgan fingerprint density at radius 3 is 2.53 bits per heavy atom. The summed E-state index contributed by atoms with van der Waals surface area (Å²) in [5.74, 6) is 1.60. The smallest absolute Gasteiger partial charge is 0.0960 e. The quantitative estimate of drug-likeness (QED) is 0.513. The second-order valence-corrected chi connectivity index (χ2v) is 8.09. The van der Waals surface area contributed by atoms with E-state index >= 15 is 0 Å². The van der Waals surface area contributed by atoms with E-state index in [2.05, 4.69) is 19.9 Å². The number of alkyl halides is 1. The molecule has 1 aromatic heterocycles. The van der Waals surface area contributed by atoms with Gasteiger partial charge in [-0.1, -0.05) is 50.6 Å². The third-order valence-corrected chi connectivity index (χ3v) is 6.78. The number of hydrogen-bond donors (Lipinski definition) is 0. The maximum atomic E-state index is 6.67. The molecule has 0 saturated heterocycles. The zero-order chi connectivity index (χ0) is 13.8. The van der Waals surface area contributed by atoms with Crippen LogP contribution in [0.5, 0.6) is 0 Å². The minimum absolute atomic E-state index is 0.170. The van der Waals surface area contributed by atoms with Crippen LogP contribution in [-0.2, 0) is 0 Å². The van der Waals surface area contributed by atoms with E-state index in [4.69, 9.17) is 23.2 Å². The van der Waals surface area contributed by atoms with Crippen molar-refractivity contribution < 1.29 is 0 Å². The molecule has 1 heterocycles. The van der Waals surface area contributed by atoms with E-state index in [1.165, 1.54) is 55.4 Å². The predicted molar refractivity (Wildman–Crippen MR) is 87.6 cm³/mol. The van der Waals surface area contributed by atoms with Crippen LogP contribution in [0.1, 0.15) is 67.7 Å². The largest absolute Gasteiger partial charge is 0.127 e. The average molecular weight is 319 g/mol. The van der Waals surface area contributed by atoms with E-state index in [0.29, 0.717) is 5.92 Å². The molecule has 0 spiro atoms. The topological polar surface area (TPSA) is 0 Å². The van der Waals surface area contributed by atoms with Crippen molar-refractivity contribution in [2.24, 2.45) is 11.8 Å². The van der Waals surface area contributed by atoms with Crippen LogP contribution in [0.2, 0.25) is 4.34 Å². The first-order valence-electron chi connectivity index (χ1n) is 7.51. The van der Waals surface area contributed by atoms with Crippen molar-refractivity contribution in [3.05, 3.63) is 20.8 Å². The van der Waals surface area contributed by atoms with Gasteiger partial charge in [-0.2, -0.15) is 0 Å². The standard InChI is InChI=1S/C16H24Cl2S/c1-3-4-5-12-6-8-13(9-7-12)15(17)14-10-11(2)16(18)19-14/h10,12-13,15H,3-9H2,1-2H3. The fourth-order valence-electron chi connectivity index (χ4n) is 3.11. The van der Waals surface area contributed by atoms with Gasteiger partial charge in [-0.3, -0.25) is 0 Å². The first-order chi connectivity index (χ1) is 9.11. The Balaban J connectivity index is 1.87. The van der Waals surface area contributed by atoms with Crippen LogP contribution < -0.4 is 0 Å². The highest BCUT2D eigenvalue weighted by Crippen LogP contribution is 2.44. The molecule has 0 aliphatic heterocycles. The van der Waals surface area contributed by atoms with Gasteiger partial charge < -0.3 is 0 Å². The van der Waals surface area contributed by atoms with Crippen molar-refractivity contribution in [2.75, 3.05) is 0 Å². The third kappa shape index (κ3) is 4.12. The van der Waals surface area contributed by atoms with Gasteiger partial charge in [0.1, 0.15) is 0 Å². The minimum Gasteiger partial charge on any atom is -0.127 e. The lowest BCUT2D eigenvalue weighted by Crippen LogP contribution is -2.17. The van der Waals surface area contributed by atoms with E-state index in [1.807, 2.05) is 0 Å². The Bertz CT molecular complexity index is 372. The van der Waals surface area contributed by atoms with E-state index in [0.717, 1.165) is 10.3 Å². The summed E-state index contributed by atoms with van der Waals surface area (Å²) in [6.07, 6.45) is 9.44. The summed E-state index contributed by atoms with van der Waals surface area (Å²) in [5, 5.41) is 0.170. The molecular formula is C16H24Cl2S. The fraction of sp³-hybridized carbons (Fsp3) is 0.750. The maximum absolute atomic E-state index is 6.67. The predicted octanol–water partition coefficient (Wildman–Crippen LogP) is 6.99. The average Bonchev–Trinajstić information content (AvgIpc) is 2.76. The van der Waals surface area contributed by atoms with Gasteiger partial charge in [-0.15, -0.1) is 22.9 Å². The van der Waals surface area contributed by atoms with Crippen molar-refractivity contribution in [2.45, 2.75) is 64.2 Å². The molecular weight excluding hydrogens is 295 g/mol. The van der Waals surface area contributed by atoms with E-state index < -0.39 is 0 Å². The van der Waals surface area contributed by atoms with Gasteiger partial charge in [-0.25, -0.2) is 0 Å². The Kier molecular flexibility index (Phi) is 6.05. The molecule has 0 nitrogen and oxygen atoms in total. The Hall–Kier alpha value is 0.280. The molecule has 2 rings (SSSR count). The van der Waals surface area contributed by atoms with E-state index in [9.17, 15) is 0 Å². The second-order valence-electron chi connectivity index (χ2n) is 5.93. The first kappa shape index (κ1) is 15.7. The van der Waals surface area contributed by atoms with Crippen molar-refractivity contribution in [3.8, 4) is 0 Å². The molecule has 1 aliphatic rings.